The van der Waals surface area contributed by atoms with Gasteiger partial charge in [0.25, 0.3) is 0 Å². The van der Waals surface area contributed by atoms with Gasteiger partial charge in [0.1, 0.15) is 0 Å². The van der Waals surface area contributed by atoms with Crippen LogP contribution in [0.5, 0.6) is 0 Å². The lowest BCUT2D eigenvalue weighted by atomic mass is 9.99. The molecule has 0 aromatic heterocycles. The minimum atomic E-state index is -3.63. The average Bonchev–Trinajstić information content (AvgIpc) is 2.89. The van der Waals surface area contributed by atoms with Gasteiger partial charge in [0.2, 0.25) is 10.0 Å². The molecule has 0 radical (unpaired) electrons. The molecule has 1 aliphatic rings. The van der Waals surface area contributed by atoms with Crippen LogP contribution in [0.15, 0.2) is 27.6 Å². The summed E-state index contributed by atoms with van der Waals surface area (Å²) in [4.78, 5) is 0.139. The molecule has 1 aromatic rings. The van der Waals surface area contributed by atoms with E-state index in [4.69, 9.17) is 16.3 Å². The van der Waals surface area contributed by atoms with Crippen molar-refractivity contribution in [2.75, 3.05) is 26.8 Å². The summed E-state index contributed by atoms with van der Waals surface area (Å²) < 4.78 is 33.2. The predicted molar refractivity (Wildman–Crippen MR) is 93.4 cm³/mol. The van der Waals surface area contributed by atoms with E-state index in [9.17, 15) is 8.42 Å². The van der Waals surface area contributed by atoms with Crippen LogP contribution in [0.1, 0.15) is 12.8 Å². The molecule has 1 heterocycles. The molecular formula is C13H19BrCl2N2O3S. The number of methoxy groups -OCH3 is 1. The summed E-state index contributed by atoms with van der Waals surface area (Å²) in [5.74, 6) is 0. The van der Waals surface area contributed by atoms with E-state index in [0.29, 0.717) is 16.1 Å². The molecule has 2 rings (SSSR count). The van der Waals surface area contributed by atoms with E-state index in [-0.39, 0.29) is 29.4 Å². The Balaban J connectivity index is 0.00000242. The van der Waals surface area contributed by atoms with Crippen LogP contribution in [0.25, 0.3) is 0 Å². The zero-order valence-electron chi connectivity index (χ0n) is 12.1. The zero-order valence-corrected chi connectivity index (χ0v) is 16.0. The lowest BCUT2D eigenvalue weighted by Crippen LogP contribution is -2.52. The number of ether oxygens (including phenoxy) is 1. The first-order chi connectivity index (χ1) is 9.88. The van der Waals surface area contributed by atoms with Crippen molar-refractivity contribution in [2.24, 2.45) is 0 Å². The van der Waals surface area contributed by atoms with Crippen LogP contribution in [0.3, 0.4) is 0 Å². The highest BCUT2D eigenvalue weighted by Gasteiger charge is 2.35. The van der Waals surface area contributed by atoms with Crippen LogP contribution >= 0.6 is 39.9 Å². The standard InChI is InChI=1S/C13H18BrClN2O3S.ClH/c1-20-9-13(5-2-6-16-13)8-17-21(18,19)12-7-10(15)3-4-11(12)14;/h3-4,7,16-17H,2,5-6,8-9H2,1H3;1H. The van der Waals surface area contributed by atoms with Gasteiger partial charge in [-0.2, -0.15) is 0 Å². The van der Waals surface area contributed by atoms with Crippen molar-refractivity contribution in [1.29, 1.82) is 0 Å². The van der Waals surface area contributed by atoms with Crippen molar-refractivity contribution in [2.45, 2.75) is 23.3 Å². The van der Waals surface area contributed by atoms with Crippen LogP contribution in [0.4, 0.5) is 0 Å². The fraction of sp³-hybridized carbons (Fsp3) is 0.538. The number of nitrogens with one attached hydrogen (secondary N) is 2. The Morgan fingerprint density at radius 3 is 2.82 bits per heavy atom. The minimum absolute atomic E-state index is 0. The van der Waals surface area contributed by atoms with Crippen molar-refractivity contribution in [3.05, 3.63) is 27.7 Å². The second-order valence-corrected chi connectivity index (χ2v) is 8.17. The van der Waals surface area contributed by atoms with Gasteiger partial charge in [0.05, 0.1) is 17.0 Å². The first-order valence-electron chi connectivity index (χ1n) is 6.57. The molecule has 1 atom stereocenters. The number of benzene rings is 1. The van der Waals surface area contributed by atoms with Gasteiger partial charge < -0.3 is 10.1 Å². The second kappa shape index (κ2) is 8.28. The highest BCUT2D eigenvalue weighted by atomic mass is 79.9. The molecule has 0 amide bonds. The van der Waals surface area contributed by atoms with Gasteiger partial charge in [-0.15, -0.1) is 12.4 Å². The molecule has 1 saturated heterocycles. The minimum Gasteiger partial charge on any atom is -0.383 e. The monoisotopic (exact) mass is 432 g/mol. The van der Waals surface area contributed by atoms with E-state index in [1.807, 2.05) is 0 Å². The quantitative estimate of drug-likeness (QED) is 0.723. The van der Waals surface area contributed by atoms with E-state index in [1.54, 1.807) is 19.2 Å². The lowest BCUT2D eigenvalue weighted by molar-refractivity contribution is 0.122. The summed E-state index contributed by atoms with van der Waals surface area (Å²) in [5, 5.41) is 3.71. The third kappa shape index (κ3) is 4.80. The number of hydrogen-bond donors (Lipinski definition) is 2. The fourth-order valence-electron chi connectivity index (χ4n) is 2.46. The van der Waals surface area contributed by atoms with Crippen molar-refractivity contribution in [3.63, 3.8) is 0 Å². The Bertz CT molecular complexity index is 607. The summed E-state index contributed by atoms with van der Waals surface area (Å²) in [5.41, 5.74) is -0.340. The molecule has 9 heteroatoms. The van der Waals surface area contributed by atoms with Gasteiger partial charge >= 0.3 is 0 Å². The Morgan fingerprint density at radius 1 is 1.50 bits per heavy atom. The third-order valence-electron chi connectivity index (χ3n) is 3.54. The Morgan fingerprint density at radius 2 is 2.23 bits per heavy atom. The molecule has 126 valence electrons. The molecule has 1 fully saturated rings. The summed E-state index contributed by atoms with van der Waals surface area (Å²) in [6.45, 7) is 1.61. The molecule has 5 nitrogen and oxygen atoms in total. The average molecular weight is 434 g/mol. The summed E-state index contributed by atoms with van der Waals surface area (Å²) >= 11 is 9.13. The normalized spacial score (nSPS) is 21.6. The van der Waals surface area contributed by atoms with Crippen molar-refractivity contribution in [1.82, 2.24) is 10.0 Å². The van der Waals surface area contributed by atoms with E-state index in [0.717, 1.165) is 19.4 Å². The predicted octanol–water partition coefficient (Wildman–Crippen LogP) is 2.57. The van der Waals surface area contributed by atoms with Crippen molar-refractivity contribution in [3.8, 4) is 0 Å². The molecule has 0 spiro atoms. The van der Waals surface area contributed by atoms with Gasteiger partial charge in [-0.25, -0.2) is 13.1 Å². The summed E-state index contributed by atoms with van der Waals surface area (Å²) in [6.07, 6.45) is 1.88. The highest BCUT2D eigenvalue weighted by molar-refractivity contribution is 9.10. The van der Waals surface area contributed by atoms with E-state index in [1.165, 1.54) is 6.07 Å². The van der Waals surface area contributed by atoms with E-state index in [2.05, 4.69) is 26.0 Å². The number of sulfonamides is 1. The molecule has 22 heavy (non-hydrogen) atoms. The Kier molecular flexibility index (Phi) is 7.59. The molecule has 0 aliphatic carbocycles. The maximum Gasteiger partial charge on any atom is 0.241 e. The molecule has 2 N–H and O–H groups in total. The van der Waals surface area contributed by atoms with Gasteiger partial charge in [-0.3, -0.25) is 0 Å². The number of hydrogen-bond acceptors (Lipinski definition) is 4. The van der Waals surface area contributed by atoms with Gasteiger partial charge in [0.15, 0.2) is 0 Å². The second-order valence-electron chi connectivity index (χ2n) is 5.14. The van der Waals surface area contributed by atoms with E-state index >= 15 is 0 Å². The van der Waals surface area contributed by atoms with Crippen LogP contribution < -0.4 is 10.0 Å². The van der Waals surface area contributed by atoms with E-state index < -0.39 is 10.0 Å². The van der Waals surface area contributed by atoms with Crippen molar-refractivity contribution >= 4 is 50.0 Å². The SMILES string of the molecule is COCC1(CNS(=O)(=O)c2cc(Cl)ccc2Br)CCCN1.Cl. The highest BCUT2D eigenvalue weighted by Crippen LogP contribution is 2.26. The summed E-state index contributed by atoms with van der Waals surface area (Å²) in [7, 11) is -2.02. The molecule has 1 aromatic carbocycles. The van der Waals surface area contributed by atoms with Crippen molar-refractivity contribution < 1.29 is 13.2 Å². The molecule has 0 bridgehead atoms. The molecule has 1 unspecified atom stereocenters. The fourth-order valence-corrected chi connectivity index (χ4v) is 4.82. The smallest absolute Gasteiger partial charge is 0.241 e. The van der Waals surface area contributed by atoms with Gasteiger partial charge in [-0.05, 0) is 53.5 Å². The van der Waals surface area contributed by atoms with Crippen LogP contribution in [-0.2, 0) is 14.8 Å². The maximum absolute atomic E-state index is 12.4. The summed E-state index contributed by atoms with van der Waals surface area (Å²) in [6, 6.07) is 4.68. The molecule has 0 saturated carbocycles. The van der Waals surface area contributed by atoms with Gasteiger partial charge in [0, 0.05) is 23.1 Å². The van der Waals surface area contributed by atoms with Crippen LogP contribution in [0.2, 0.25) is 5.02 Å². The molecular weight excluding hydrogens is 415 g/mol. The molecule has 1 aliphatic heterocycles. The maximum atomic E-state index is 12.4. The number of rotatable bonds is 6. The van der Waals surface area contributed by atoms with Crippen LogP contribution in [0, 0.1) is 0 Å². The van der Waals surface area contributed by atoms with Crippen LogP contribution in [-0.4, -0.2) is 40.8 Å². The topological polar surface area (TPSA) is 67.4 Å². The largest absolute Gasteiger partial charge is 0.383 e. The first-order valence-corrected chi connectivity index (χ1v) is 9.23. The Hall–Kier alpha value is 0.110. The Labute approximate surface area is 150 Å². The van der Waals surface area contributed by atoms with Gasteiger partial charge in [-0.1, -0.05) is 11.6 Å². The lowest BCUT2D eigenvalue weighted by Gasteiger charge is -2.29. The zero-order chi connectivity index (χ0) is 15.5. The first kappa shape index (κ1) is 20.2. The third-order valence-corrected chi connectivity index (χ3v) is 6.17. The number of halogens is 3.